The van der Waals surface area contributed by atoms with Gasteiger partial charge in [0.15, 0.2) is 5.69 Å². The van der Waals surface area contributed by atoms with Crippen molar-refractivity contribution in [2.24, 2.45) is 0 Å². The summed E-state index contributed by atoms with van der Waals surface area (Å²) >= 11 is 0. The minimum absolute atomic E-state index is 0.0466. The van der Waals surface area contributed by atoms with E-state index in [1.807, 2.05) is 0 Å². The fourth-order valence-corrected chi connectivity index (χ4v) is 4.35. The van der Waals surface area contributed by atoms with E-state index in [0.717, 1.165) is 25.7 Å². The molecule has 3 N–H and O–H groups in total. The zero-order chi connectivity index (χ0) is 21.9. The second-order valence-electron chi connectivity index (χ2n) is 7.48. The van der Waals surface area contributed by atoms with E-state index in [9.17, 15) is 18.0 Å². The number of hydrogen-bond acceptors (Lipinski definition) is 5. The number of ether oxygens (including phenoxy) is 1. The van der Waals surface area contributed by atoms with Gasteiger partial charge in [0.2, 0.25) is 0 Å². The maximum Gasteiger partial charge on any atom is 0.573 e. The number of fused-ring (bicyclic) bond motifs is 3. The summed E-state index contributed by atoms with van der Waals surface area (Å²) in [7, 11) is 2.13. The van der Waals surface area contributed by atoms with Crippen molar-refractivity contribution >= 4 is 23.3 Å². The minimum Gasteiger partial charge on any atom is -0.483 e. The van der Waals surface area contributed by atoms with Gasteiger partial charge >= 0.3 is 6.36 Å². The molecule has 11 heteroatoms. The van der Waals surface area contributed by atoms with E-state index in [2.05, 4.69) is 32.2 Å². The molecule has 1 amide bonds. The highest BCUT2D eigenvalue weighted by Gasteiger charge is 2.37. The van der Waals surface area contributed by atoms with Crippen molar-refractivity contribution in [1.29, 1.82) is 0 Å². The number of alkyl halides is 3. The molecule has 2 atom stereocenters. The number of rotatable bonds is 3. The van der Waals surface area contributed by atoms with E-state index in [1.165, 1.54) is 24.6 Å². The van der Waals surface area contributed by atoms with Crippen LogP contribution in [0.5, 0.6) is 5.75 Å². The fourth-order valence-electron chi connectivity index (χ4n) is 4.35. The second kappa shape index (κ2) is 8.90. The first-order valence-corrected chi connectivity index (χ1v) is 9.56. The lowest BCUT2D eigenvalue weighted by Gasteiger charge is -2.47. The van der Waals surface area contributed by atoms with Crippen molar-refractivity contribution in [3.8, 4) is 5.75 Å². The van der Waals surface area contributed by atoms with Crippen LogP contribution < -0.4 is 10.1 Å². The highest BCUT2D eigenvalue weighted by atomic mass is 19.4. The zero-order valence-corrected chi connectivity index (χ0v) is 16.3. The molecule has 2 aliphatic rings. The van der Waals surface area contributed by atoms with E-state index in [1.54, 1.807) is 0 Å². The Morgan fingerprint density at radius 3 is 2.57 bits per heavy atom. The maximum atomic E-state index is 12.7. The molecular formula is C19H23F3N4O4. The van der Waals surface area contributed by atoms with E-state index >= 15 is 0 Å². The van der Waals surface area contributed by atoms with Gasteiger partial charge in [0.1, 0.15) is 5.75 Å². The molecule has 2 bridgehead atoms. The summed E-state index contributed by atoms with van der Waals surface area (Å²) in [5, 5.41) is 16.9. The first kappa shape index (κ1) is 21.9. The molecule has 2 aliphatic heterocycles. The average Bonchev–Trinajstić information content (AvgIpc) is 3.05. The molecule has 0 saturated carbocycles. The molecule has 1 aromatic heterocycles. The van der Waals surface area contributed by atoms with Crippen molar-refractivity contribution in [2.75, 3.05) is 7.05 Å². The van der Waals surface area contributed by atoms with Gasteiger partial charge in [-0.15, -0.1) is 13.2 Å². The van der Waals surface area contributed by atoms with Gasteiger partial charge in [-0.05, 0) is 50.9 Å². The number of nitrogens with one attached hydrogen (secondary N) is 2. The van der Waals surface area contributed by atoms with Gasteiger partial charge in [-0.1, -0.05) is 6.42 Å². The molecule has 0 radical (unpaired) electrons. The number of piperidine rings is 2. The van der Waals surface area contributed by atoms with Gasteiger partial charge in [0, 0.05) is 23.5 Å². The van der Waals surface area contributed by atoms with Crippen LogP contribution in [-0.2, 0) is 4.79 Å². The second-order valence-corrected chi connectivity index (χ2v) is 7.48. The third-order valence-corrected chi connectivity index (χ3v) is 5.66. The number of nitrogens with zero attached hydrogens (tertiary/aromatic N) is 2. The minimum atomic E-state index is -4.79. The number of aromatic nitrogens is 2. The number of carbonyl (C=O) groups excluding carboxylic acids is 1. The maximum absolute atomic E-state index is 12.7. The van der Waals surface area contributed by atoms with Crippen LogP contribution in [0.1, 0.15) is 42.6 Å². The van der Waals surface area contributed by atoms with E-state index in [-0.39, 0.29) is 29.9 Å². The van der Waals surface area contributed by atoms with Crippen molar-refractivity contribution in [3.63, 3.8) is 0 Å². The van der Waals surface area contributed by atoms with E-state index in [4.69, 9.17) is 9.90 Å². The summed E-state index contributed by atoms with van der Waals surface area (Å²) in [6, 6.07) is 4.76. The van der Waals surface area contributed by atoms with Crippen LogP contribution >= 0.6 is 0 Å². The molecule has 0 aliphatic carbocycles. The van der Waals surface area contributed by atoms with Crippen LogP contribution in [0, 0.1) is 0 Å². The van der Waals surface area contributed by atoms with Gasteiger partial charge in [-0.3, -0.25) is 14.7 Å². The third kappa shape index (κ3) is 5.02. The molecule has 30 heavy (non-hydrogen) atoms. The lowest BCUT2D eigenvalue weighted by molar-refractivity contribution is -0.274. The molecule has 2 unspecified atom stereocenters. The monoisotopic (exact) mass is 428 g/mol. The smallest absolute Gasteiger partial charge is 0.483 e. The Balaban J connectivity index is 0.000000806. The zero-order valence-electron chi connectivity index (χ0n) is 16.3. The summed E-state index contributed by atoms with van der Waals surface area (Å²) in [6.45, 7) is -0.250. The van der Waals surface area contributed by atoms with Crippen LogP contribution in [0.25, 0.3) is 10.9 Å². The number of hydrogen-bond donors (Lipinski definition) is 3. The van der Waals surface area contributed by atoms with Crippen molar-refractivity contribution in [2.45, 2.75) is 56.6 Å². The molecular weight excluding hydrogens is 405 g/mol. The summed E-state index contributed by atoms with van der Waals surface area (Å²) in [4.78, 5) is 23.5. The summed E-state index contributed by atoms with van der Waals surface area (Å²) in [5.74, 6) is -0.752. The van der Waals surface area contributed by atoms with Crippen LogP contribution in [-0.4, -0.2) is 64.1 Å². The Morgan fingerprint density at radius 1 is 1.33 bits per heavy atom. The fraction of sp³-hybridized carbons (Fsp3) is 0.526. The first-order chi connectivity index (χ1) is 14.2. The Hall–Kier alpha value is -2.82. The van der Waals surface area contributed by atoms with Crippen LogP contribution in [0.3, 0.4) is 0 Å². The summed E-state index contributed by atoms with van der Waals surface area (Å²) < 4.78 is 41.3. The molecule has 4 rings (SSSR count). The van der Waals surface area contributed by atoms with Gasteiger partial charge in [-0.25, -0.2) is 0 Å². The number of halogens is 3. The topological polar surface area (TPSA) is 108 Å². The predicted molar refractivity (Wildman–Crippen MR) is 101 cm³/mol. The molecule has 3 heterocycles. The lowest BCUT2D eigenvalue weighted by Crippen LogP contribution is -2.55. The Kier molecular flexibility index (Phi) is 6.49. The molecule has 0 spiro atoms. The first-order valence-electron chi connectivity index (χ1n) is 9.56. The number of amides is 1. The van der Waals surface area contributed by atoms with Crippen molar-refractivity contribution in [1.82, 2.24) is 20.4 Å². The van der Waals surface area contributed by atoms with E-state index in [0.29, 0.717) is 23.0 Å². The Labute approximate surface area is 170 Å². The predicted octanol–water partition coefficient (Wildman–Crippen LogP) is 2.91. The lowest BCUT2D eigenvalue weighted by atomic mass is 9.82. The molecule has 164 valence electrons. The van der Waals surface area contributed by atoms with Gasteiger partial charge in [-0.2, -0.15) is 5.10 Å². The highest BCUT2D eigenvalue weighted by molar-refractivity contribution is 6.05. The third-order valence-electron chi connectivity index (χ3n) is 5.66. The average molecular weight is 428 g/mol. The standard InChI is InChI=1S/C18H21F3N4O2.CH2O2/c1-25-11-3-2-4-12(25)8-10(7-11)22-17(26)16-14-9-13(27-18(19,20)21)5-6-15(14)23-24-16;2-1-3/h5-6,9-12H,2-4,7-8H2,1H3,(H,22,26)(H,23,24);1H,(H,2,3). The Bertz CT molecular complexity index is 888. The quantitative estimate of drug-likeness (QED) is 0.649. The van der Waals surface area contributed by atoms with Gasteiger partial charge in [0.05, 0.1) is 5.52 Å². The number of aromatic amines is 1. The molecule has 2 aromatic rings. The molecule has 8 nitrogen and oxygen atoms in total. The molecule has 1 aromatic carbocycles. The number of benzene rings is 1. The summed E-state index contributed by atoms with van der Waals surface area (Å²) in [6.07, 6.45) is 0.441. The Morgan fingerprint density at radius 2 is 1.97 bits per heavy atom. The molecule has 2 fully saturated rings. The highest BCUT2D eigenvalue weighted by Crippen LogP contribution is 2.33. The largest absolute Gasteiger partial charge is 0.573 e. The van der Waals surface area contributed by atoms with Gasteiger partial charge in [0.25, 0.3) is 12.4 Å². The van der Waals surface area contributed by atoms with Crippen LogP contribution in [0.2, 0.25) is 0 Å². The SMILES string of the molecule is CN1C2CCCC1CC(NC(=O)c1n[nH]c3ccc(OC(F)(F)F)cc13)C2.O=CO. The number of H-pyrrole nitrogens is 1. The molecule has 2 saturated heterocycles. The van der Waals surface area contributed by atoms with Crippen molar-refractivity contribution in [3.05, 3.63) is 23.9 Å². The summed E-state index contributed by atoms with van der Waals surface area (Å²) in [5.41, 5.74) is 0.566. The van der Waals surface area contributed by atoms with Crippen LogP contribution in [0.4, 0.5) is 13.2 Å². The van der Waals surface area contributed by atoms with Crippen LogP contribution in [0.15, 0.2) is 18.2 Å². The number of carboxylic acid groups (broad SMARTS) is 1. The normalized spacial score (nSPS) is 23.9. The van der Waals surface area contributed by atoms with Crippen molar-refractivity contribution < 1.29 is 32.6 Å². The van der Waals surface area contributed by atoms with Gasteiger partial charge < -0.3 is 20.1 Å². The van der Waals surface area contributed by atoms with E-state index < -0.39 is 6.36 Å². The number of carbonyl (C=O) groups is 2.